The first-order valence-electron chi connectivity index (χ1n) is 9.39. The molecule has 0 fully saturated rings. The molecule has 0 aliphatic rings. The van der Waals surface area contributed by atoms with Crippen molar-refractivity contribution in [3.8, 4) is 11.5 Å². The standard InChI is InChI=1S/C24H26N2O4/c1-5-10-17(6-2)15-16-25-23(27)19-12-9-14-21(30-4)22(19)26-24(28)18-11-7-8-13-20(18)29-3/h5-14H,1-2,15-16H2,3-4H3,(H,25,27)(H,26,28)/b17-10+. The van der Waals surface area contributed by atoms with Gasteiger partial charge in [-0.15, -0.1) is 0 Å². The summed E-state index contributed by atoms with van der Waals surface area (Å²) in [5.41, 5.74) is 1.90. The molecular weight excluding hydrogens is 380 g/mol. The third kappa shape index (κ3) is 5.61. The largest absolute Gasteiger partial charge is 0.496 e. The summed E-state index contributed by atoms with van der Waals surface area (Å²) in [4.78, 5) is 25.6. The zero-order valence-corrected chi connectivity index (χ0v) is 17.2. The molecule has 0 atom stereocenters. The fraction of sp³-hybridized carbons (Fsp3) is 0.167. The first-order valence-corrected chi connectivity index (χ1v) is 9.39. The van der Waals surface area contributed by atoms with E-state index in [4.69, 9.17) is 9.47 Å². The molecule has 0 radical (unpaired) electrons. The zero-order valence-electron chi connectivity index (χ0n) is 17.2. The van der Waals surface area contributed by atoms with E-state index in [2.05, 4.69) is 23.8 Å². The Labute approximate surface area is 176 Å². The molecule has 2 N–H and O–H groups in total. The minimum atomic E-state index is -0.408. The second-order valence-corrected chi connectivity index (χ2v) is 6.22. The van der Waals surface area contributed by atoms with Crippen molar-refractivity contribution in [3.63, 3.8) is 0 Å². The maximum absolute atomic E-state index is 12.8. The Morgan fingerprint density at radius 1 is 0.933 bits per heavy atom. The molecular formula is C24H26N2O4. The van der Waals surface area contributed by atoms with Crippen LogP contribution in [-0.4, -0.2) is 32.6 Å². The van der Waals surface area contributed by atoms with E-state index in [0.29, 0.717) is 41.3 Å². The molecule has 2 aromatic carbocycles. The van der Waals surface area contributed by atoms with Crippen molar-refractivity contribution in [1.82, 2.24) is 5.32 Å². The van der Waals surface area contributed by atoms with Gasteiger partial charge >= 0.3 is 0 Å². The number of methoxy groups -OCH3 is 2. The molecule has 0 saturated heterocycles. The second kappa shape index (κ2) is 11.3. The molecule has 2 aromatic rings. The second-order valence-electron chi connectivity index (χ2n) is 6.22. The van der Waals surface area contributed by atoms with Crippen LogP contribution < -0.4 is 20.1 Å². The van der Waals surface area contributed by atoms with Crippen LogP contribution in [0.1, 0.15) is 27.1 Å². The summed E-state index contributed by atoms with van der Waals surface area (Å²) < 4.78 is 10.6. The van der Waals surface area contributed by atoms with Crippen molar-refractivity contribution in [2.45, 2.75) is 6.42 Å². The molecule has 0 unspecified atom stereocenters. The lowest BCUT2D eigenvalue weighted by molar-refractivity contribution is 0.0955. The molecule has 156 valence electrons. The van der Waals surface area contributed by atoms with Crippen molar-refractivity contribution in [3.05, 3.63) is 90.6 Å². The summed E-state index contributed by atoms with van der Waals surface area (Å²) in [6.07, 6.45) is 5.84. The van der Waals surface area contributed by atoms with Gasteiger partial charge in [-0.3, -0.25) is 9.59 Å². The van der Waals surface area contributed by atoms with E-state index in [-0.39, 0.29) is 5.91 Å². The summed E-state index contributed by atoms with van der Waals surface area (Å²) in [6, 6.07) is 11.8. The van der Waals surface area contributed by atoms with Crippen LogP contribution >= 0.6 is 0 Å². The Kier molecular flexibility index (Phi) is 8.44. The highest BCUT2D eigenvalue weighted by atomic mass is 16.5. The number of carbonyl (C=O) groups is 2. The Hall–Kier alpha value is -3.80. The Morgan fingerprint density at radius 3 is 2.27 bits per heavy atom. The highest BCUT2D eigenvalue weighted by Gasteiger charge is 2.20. The first-order chi connectivity index (χ1) is 14.5. The van der Waals surface area contributed by atoms with Crippen molar-refractivity contribution >= 4 is 17.5 Å². The highest BCUT2D eigenvalue weighted by molar-refractivity contribution is 6.11. The number of para-hydroxylation sites is 2. The van der Waals surface area contributed by atoms with Gasteiger partial charge in [-0.25, -0.2) is 0 Å². The van der Waals surface area contributed by atoms with Gasteiger partial charge in [-0.1, -0.05) is 49.6 Å². The number of ether oxygens (including phenoxy) is 2. The third-order valence-electron chi connectivity index (χ3n) is 4.37. The van der Waals surface area contributed by atoms with Crippen LogP contribution in [-0.2, 0) is 0 Å². The maximum atomic E-state index is 12.8. The number of hydrogen-bond donors (Lipinski definition) is 2. The van der Waals surface area contributed by atoms with Gasteiger partial charge in [-0.2, -0.15) is 0 Å². The number of nitrogens with one attached hydrogen (secondary N) is 2. The van der Waals surface area contributed by atoms with Gasteiger partial charge in [0.15, 0.2) is 0 Å². The summed E-state index contributed by atoms with van der Waals surface area (Å²) in [5, 5.41) is 5.64. The van der Waals surface area contributed by atoms with Crippen LogP contribution in [0.2, 0.25) is 0 Å². The van der Waals surface area contributed by atoms with Crippen LogP contribution in [0, 0.1) is 0 Å². The van der Waals surface area contributed by atoms with Gasteiger partial charge in [0.1, 0.15) is 11.5 Å². The SMILES string of the molecule is C=C/C=C(\C=C)CCNC(=O)c1cccc(OC)c1NC(=O)c1ccccc1OC. The van der Waals surface area contributed by atoms with E-state index in [9.17, 15) is 9.59 Å². The van der Waals surface area contributed by atoms with Crippen molar-refractivity contribution < 1.29 is 19.1 Å². The van der Waals surface area contributed by atoms with Gasteiger partial charge in [0.25, 0.3) is 11.8 Å². The van der Waals surface area contributed by atoms with Crippen LogP contribution in [0.15, 0.2) is 79.4 Å². The van der Waals surface area contributed by atoms with Crippen LogP contribution in [0.3, 0.4) is 0 Å². The molecule has 0 saturated carbocycles. The van der Waals surface area contributed by atoms with Gasteiger partial charge < -0.3 is 20.1 Å². The predicted octanol–water partition coefficient (Wildman–Crippen LogP) is 4.37. The third-order valence-corrected chi connectivity index (χ3v) is 4.37. The lowest BCUT2D eigenvalue weighted by Crippen LogP contribution is -2.26. The number of carbonyl (C=O) groups excluding carboxylic acids is 2. The average molecular weight is 406 g/mol. The summed E-state index contributed by atoms with van der Waals surface area (Å²) in [7, 11) is 2.97. The fourth-order valence-corrected chi connectivity index (χ4v) is 2.85. The van der Waals surface area contributed by atoms with Crippen LogP contribution in [0.25, 0.3) is 0 Å². The number of benzene rings is 2. The maximum Gasteiger partial charge on any atom is 0.259 e. The Balaban J connectivity index is 2.24. The Bertz CT molecular complexity index is 963. The Morgan fingerprint density at radius 2 is 1.60 bits per heavy atom. The van der Waals surface area contributed by atoms with Gasteiger partial charge in [0.2, 0.25) is 0 Å². The molecule has 6 heteroatoms. The summed E-state index contributed by atoms with van der Waals surface area (Å²) in [5.74, 6) is 0.0752. The quantitative estimate of drug-likeness (QED) is 0.574. The topological polar surface area (TPSA) is 76.7 Å². The van der Waals surface area contributed by atoms with E-state index in [1.54, 1.807) is 54.6 Å². The van der Waals surface area contributed by atoms with Gasteiger partial charge in [0, 0.05) is 6.54 Å². The summed E-state index contributed by atoms with van der Waals surface area (Å²) >= 11 is 0. The molecule has 0 heterocycles. The number of amides is 2. The van der Waals surface area contributed by atoms with Gasteiger partial charge in [-0.05, 0) is 36.3 Å². The highest BCUT2D eigenvalue weighted by Crippen LogP contribution is 2.30. The monoisotopic (exact) mass is 406 g/mol. The lowest BCUT2D eigenvalue weighted by Gasteiger charge is -2.16. The van der Waals surface area contributed by atoms with Crippen molar-refractivity contribution in [2.75, 3.05) is 26.1 Å². The molecule has 0 spiro atoms. The van der Waals surface area contributed by atoms with Crippen LogP contribution in [0.5, 0.6) is 11.5 Å². The average Bonchev–Trinajstić information content (AvgIpc) is 2.78. The van der Waals surface area contributed by atoms with E-state index in [1.807, 2.05) is 6.08 Å². The number of allylic oxidation sites excluding steroid dienone is 3. The van der Waals surface area contributed by atoms with E-state index in [1.165, 1.54) is 14.2 Å². The van der Waals surface area contributed by atoms with E-state index >= 15 is 0 Å². The molecule has 30 heavy (non-hydrogen) atoms. The molecule has 0 aliphatic heterocycles. The number of hydrogen-bond acceptors (Lipinski definition) is 4. The smallest absolute Gasteiger partial charge is 0.259 e. The summed E-state index contributed by atoms with van der Waals surface area (Å²) in [6.45, 7) is 7.81. The lowest BCUT2D eigenvalue weighted by atomic mass is 10.1. The molecule has 0 bridgehead atoms. The molecule has 0 aromatic heterocycles. The normalized spacial score (nSPS) is 10.7. The van der Waals surface area contributed by atoms with Gasteiger partial charge in [0.05, 0.1) is 31.0 Å². The molecule has 2 rings (SSSR count). The minimum Gasteiger partial charge on any atom is -0.496 e. The fourth-order valence-electron chi connectivity index (χ4n) is 2.85. The minimum absolute atomic E-state index is 0.291. The van der Waals surface area contributed by atoms with Crippen molar-refractivity contribution in [1.29, 1.82) is 0 Å². The molecule has 0 aliphatic carbocycles. The van der Waals surface area contributed by atoms with E-state index in [0.717, 1.165) is 5.57 Å². The molecule has 6 nitrogen and oxygen atoms in total. The van der Waals surface area contributed by atoms with Crippen molar-refractivity contribution in [2.24, 2.45) is 0 Å². The predicted molar refractivity (Wildman–Crippen MR) is 119 cm³/mol. The zero-order chi connectivity index (χ0) is 21.9. The number of anilines is 1. The molecule has 2 amide bonds. The first kappa shape index (κ1) is 22.5. The van der Waals surface area contributed by atoms with E-state index < -0.39 is 5.91 Å². The van der Waals surface area contributed by atoms with Crippen LogP contribution in [0.4, 0.5) is 5.69 Å². The number of rotatable bonds is 10.